The zero-order valence-electron chi connectivity index (χ0n) is 21.0. The van der Waals surface area contributed by atoms with Crippen molar-refractivity contribution in [3.8, 4) is 5.69 Å². The van der Waals surface area contributed by atoms with E-state index in [9.17, 15) is 4.79 Å². The monoisotopic (exact) mass is 490 g/mol. The molecule has 7 nitrogen and oxygen atoms in total. The van der Waals surface area contributed by atoms with Crippen molar-refractivity contribution in [1.82, 2.24) is 24.3 Å². The number of aryl methyl sites for hydroxylation is 1. The number of fused-ring (bicyclic) bond motifs is 2. The van der Waals surface area contributed by atoms with Crippen molar-refractivity contribution in [3.05, 3.63) is 96.4 Å². The number of rotatable bonds is 5. The van der Waals surface area contributed by atoms with Crippen LogP contribution in [0.4, 0.5) is 10.5 Å². The van der Waals surface area contributed by atoms with Gasteiger partial charge in [0.2, 0.25) is 0 Å². The molecule has 6 rings (SSSR count). The lowest BCUT2D eigenvalue weighted by atomic mass is 10.1. The minimum Gasteiger partial charge on any atom is -0.322 e. The van der Waals surface area contributed by atoms with Gasteiger partial charge in [0.1, 0.15) is 11.3 Å². The third kappa shape index (κ3) is 4.78. The standard InChI is InChI=1S/C30H30N6O/c1-2-22-9-13-26(14-10-22)36-28(33-27-8-5-15-31-29(27)36)21-34-16-18-35(19-17-34)30(37)32-25-12-11-23-6-3-4-7-24(23)20-25/h3-15,20H,2,16-19,21H2,1H3,(H,32,37). The molecule has 37 heavy (non-hydrogen) atoms. The first-order valence-corrected chi connectivity index (χ1v) is 12.9. The molecule has 0 aliphatic carbocycles. The van der Waals surface area contributed by atoms with Gasteiger partial charge in [0.05, 0.1) is 6.54 Å². The summed E-state index contributed by atoms with van der Waals surface area (Å²) >= 11 is 0. The molecule has 1 aliphatic heterocycles. The molecule has 1 N–H and O–H groups in total. The molecule has 0 radical (unpaired) electrons. The average Bonchev–Trinajstić information content (AvgIpc) is 3.31. The molecule has 2 aromatic heterocycles. The first-order valence-electron chi connectivity index (χ1n) is 12.9. The summed E-state index contributed by atoms with van der Waals surface area (Å²) in [7, 11) is 0. The van der Waals surface area contributed by atoms with Crippen molar-refractivity contribution in [2.45, 2.75) is 19.9 Å². The summed E-state index contributed by atoms with van der Waals surface area (Å²) in [6.45, 7) is 5.78. The lowest BCUT2D eigenvalue weighted by Gasteiger charge is -2.34. The molecule has 0 spiro atoms. The number of amides is 2. The molecule has 186 valence electrons. The van der Waals surface area contributed by atoms with Gasteiger partial charge in [0, 0.05) is 43.8 Å². The van der Waals surface area contributed by atoms with Crippen LogP contribution in [0.3, 0.4) is 0 Å². The van der Waals surface area contributed by atoms with Gasteiger partial charge >= 0.3 is 6.03 Å². The average molecular weight is 491 g/mol. The maximum Gasteiger partial charge on any atom is 0.321 e. The molecule has 7 heteroatoms. The number of aromatic nitrogens is 3. The highest BCUT2D eigenvalue weighted by atomic mass is 16.2. The Bertz CT molecular complexity index is 1550. The molecular formula is C30H30N6O. The van der Waals surface area contributed by atoms with Crippen LogP contribution in [0.1, 0.15) is 18.3 Å². The number of anilines is 1. The molecule has 3 aromatic carbocycles. The fourth-order valence-electron chi connectivity index (χ4n) is 5.00. The second-order valence-electron chi connectivity index (χ2n) is 9.48. The summed E-state index contributed by atoms with van der Waals surface area (Å²) in [4.78, 5) is 26.8. The van der Waals surface area contributed by atoms with E-state index in [-0.39, 0.29) is 6.03 Å². The Morgan fingerprint density at radius 2 is 1.68 bits per heavy atom. The summed E-state index contributed by atoms with van der Waals surface area (Å²) in [5.74, 6) is 0.965. The van der Waals surface area contributed by atoms with E-state index in [1.165, 1.54) is 5.56 Å². The smallest absolute Gasteiger partial charge is 0.321 e. The number of benzene rings is 3. The molecule has 0 saturated carbocycles. The summed E-state index contributed by atoms with van der Waals surface area (Å²) in [5, 5.41) is 5.35. The van der Waals surface area contributed by atoms with E-state index in [1.807, 2.05) is 53.6 Å². The van der Waals surface area contributed by atoms with Crippen LogP contribution in [0.15, 0.2) is 85.1 Å². The highest BCUT2D eigenvalue weighted by Gasteiger charge is 2.23. The number of carbonyl (C=O) groups is 1. The molecule has 1 saturated heterocycles. The summed E-state index contributed by atoms with van der Waals surface area (Å²) in [6, 6.07) is 26.7. The van der Waals surface area contributed by atoms with Crippen LogP contribution in [0.25, 0.3) is 27.6 Å². The van der Waals surface area contributed by atoms with Crippen molar-refractivity contribution < 1.29 is 4.79 Å². The van der Waals surface area contributed by atoms with E-state index < -0.39 is 0 Å². The SMILES string of the molecule is CCc1ccc(-n2c(CN3CCN(C(=O)Nc4ccc5ccccc5c4)CC3)nc3cccnc32)cc1. The third-order valence-electron chi connectivity index (χ3n) is 7.11. The number of nitrogens with zero attached hydrogens (tertiary/aromatic N) is 5. The number of carbonyl (C=O) groups excluding carboxylic acids is 1. The van der Waals surface area contributed by atoms with Gasteiger partial charge < -0.3 is 10.2 Å². The second-order valence-corrected chi connectivity index (χ2v) is 9.48. The molecular weight excluding hydrogens is 460 g/mol. The number of pyridine rings is 1. The Morgan fingerprint density at radius 3 is 2.46 bits per heavy atom. The summed E-state index contributed by atoms with van der Waals surface area (Å²) in [5.41, 5.74) is 4.96. The number of urea groups is 1. The van der Waals surface area contributed by atoms with Crippen LogP contribution in [-0.4, -0.2) is 56.5 Å². The molecule has 5 aromatic rings. The van der Waals surface area contributed by atoms with Crippen LogP contribution in [0.5, 0.6) is 0 Å². The van der Waals surface area contributed by atoms with Gasteiger partial charge in [-0.25, -0.2) is 14.8 Å². The molecule has 1 aliphatic rings. The van der Waals surface area contributed by atoms with Crippen LogP contribution in [-0.2, 0) is 13.0 Å². The summed E-state index contributed by atoms with van der Waals surface area (Å²) < 4.78 is 2.16. The number of imidazole rings is 1. The van der Waals surface area contributed by atoms with Crippen molar-refractivity contribution >= 4 is 33.7 Å². The zero-order valence-corrected chi connectivity index (χ0v) is 21.0. The van der Waals surface area contributed by atoms with E-state index >= 15 is 0 Å². The van der Waals surface area contributed by atoms with Gasteiger partial charge in [-0.05, 0) is 59.2 Å². The Balaban J connectivity index is 1.14. The van der Waals surface area contributed by atoms with Crippen molar-refractivity contribution in [3.63, 3.8) is 0 Å². The predicted octanol–water partition coefficient (Wildman–Crippen LogP) is 5.49. The van der Waals surface area contributed by atoms with Gasteiger partial charge in [-0.3, -0.25) is 9.47 Å². The van der Waals surface area contributed by atoms with Gasteiger partial charge in [-0.2, -0.15) is 0 Å². The van der Waals surface area contributed by atoms with Crippen LogP contribution in [0, 0.1) is 0 Å². The number of nitrogens with one attached hydrogen (secondary N) is 1. The number of hydrogen-bond acceptors (Lipinski definition) is 4. The first-order chi connectivity index (χ1) is 18.2. The van der Waals surface area contributed by atoms with Crippen LogP contribution < -0.4 is 5.32 Å². The van der Waals surface area contributed by atoms with Crippen LogP contribution >= 0.6 is 0 Å². The van der Waals surface area contributed by atoms with Gasteiger partial charge in [0.25, 0.3) is 0 Å². The fraction of sp³-hybridized carbons (Fsp3) is 0.233. The molecule has 0 bridgehead atoms. The quantitative estimate of drug-likeness (QED) is 0.354. The van der Waals surface area contributed by atoms with Gasteiger partial charge in [-0.1, -0.05) is 49.4 Å². The topological polar surface area (TPSA) is 66.3 Å². The van der Waals surface area contributed by atoms with Crippen molar-refractivity contribution in [2.24, 2.45) is 0 Å². The number of hydrogen-bond donors (Lipinski definition) is 1. The maximum atomic E-state index is 12.9. The Labute approximate surface area is 216 Å². The number of piperazine rings is 1. The van der Waals surface area contributed by atoms with Crippen molar-refractivity contribution in [1.29, 1.82) is 0 Å². The highest BCUT2D eigenvalue weighted by Crippen LogP contribution is 2.23. The van der Waals surface area contributed by atoms with Crippen LogP contribution in [0.2, 0.25) is 0 Å². The predicted molar refractivity (Wildman–Crippen MR) is 148 cm³/mol. The van der Waals surface area contributed by atoms with E-state index in [0.29, 0.717) is 19.6 Å². The molecule has 3 heterocycles. The van der Waals surface area contributed by atoms with Crippen molar-refractivity contribution in [2.75, 3.05) is 31.5 Å². The van der Waals surface area contributed by atoms with E-state index in [2.05, 4.69) is 63.1 Å². The molecule has 0 unspecified atom stereocenters. The zero-order chi connectivity index (χ0) is 25.2. The lowest BCUT2D eigenvalue weighted by molar-refractivity contribution is 0.140. The fourth-order valence-corrected chi connectivity index (χ4v) is 5.00. The van der Waals surface area contributed by atoms with E-state index in [1.54, 1.807) is 0 Å². The summed E-state index contributed by atoms with van der Waals surface area (Å²) in [6.07, 6.45) is 2.83. The second kappa shape index (κ2) is 10.0. The Hall–Kier alpha value is -4.23. The lowest BCUT2D eigenvalue weighted by Crippen LogP contribution is -2.49. The minimum atomic E-state index is -0.0533. The Morgan fingerprint density at radius 1 is 0.892 bits per heavy atom. The third-order valence-corrected chi connectivity index (χ3v) is 7.11. The molecule has 1 fully saturated rings. The first kappa shape index (κ1) is 23.2. The van der Waals surface area contributed by atoms with E-state index in [0.717, 1.165) is 58.6 Å². The molecule has 0 atom stereocenters. The Kier molecular flexibility index (Phi) is 6.28. The van der Waals surface area contributed by atoms with Gasteiger partial charge in [0.15, 0.2) is 5.65 Å². The molecule has 2 amide bonds. The van der Waals surface area contributed by atoms with Gasteiger partial charge in [-0.15, -0.1) is 0 Å². The van der Waals surface area contributed by atoms with E-state index in [4.69, 9.17) is 4.98 Å². The minimum absolute atomic E-state index is 0.0533. The highest BCUT2D eigenvalue weighted by molar-refractivity contribution is 5.93. The largest absolute Gasteiger partial charge is 0.322 e. The normalized spacial score (nSPS) is 14.4. The maximum absolute atomic E-state index is 12.9.